The van der Waals surface area contributed by atoms with Gasteiger partial charge in [-0.15, -0.1) is 10.2 Å². The van der Waals surface area contributed by atoms with Gasteiger partial charge in [0.15, 0.2) is 5.01 Å². The molecule has 26 heavy (non-hydrogen) atoms. The average molecular weight is 370 g/mol. The van der Waals surface area contributed by atoms with E-state index in [1.165, 1.54) is 6.42 Å². The first kappa shape index (κ1) is 17.1. The summed E-state index contributed by atoms with van der Waals surface area (Å²) < 4.78 is 4.90. The molecular formula is C18H22N6OS. The summed E-state index contributed by atoms with van der Waals surface area (Å²) in [5.74, 6) is 0. The molecule has 4 rings (SSSR count). The summed E-state index contributed by atoms with van der Waals surface area (Å²) in [6, 6.07) is 8.47. The number of nitrogens with zero attached hydrogens (tertiary/aromatic N) is 6. The van der Waals surface area contributed by atoms with Crippen molar-refractivity contribution in [2.45, 2.75) is 31.8 Å². The Morgan fingerprint density at radius 3 is 3.00 bits per heavy atom. The average Bonchev–Trinajstić information content (AvgIpc) is 3.30. The fraction of sp³-hybridized carbons (Fsp3) is 0.444. The van der Waals surface area contributed by atoms with Crippen LogP contribution in [0.3, 0.4) is 0 Å². The topological polar surface area (TPSA) is 71.2 Å². The Hall–Kier alpha value is -2.32. The van der Waals surface area contributed by atoms with Crippen LogP contribution >= 0.6 is 11.3 Å². The van der Waals surface area contributed by atoms with Crippen LogP contribution in [-0.2, 0) is 6.54 Å². The lowest BCUT2D eigenvalue weighted by Gasteiger charge is -2.26. The minimum Gasteiger partial charge on any atom is -0.364 e. The van der Waals surface area contributed by atoms with E-state index in [0.29, 0.717) is 6.04 Å². The van der Waals surface area contributed by atoms with Crippen molar-refractivity contribution >= 4 is 16.5 Å². The van der Waals surface area contributed by atoms with Gasteiger partial charge in [0.2, 0.25) is 5.13 Å². The van der Waals surface area contributed by atoms with E-state index in [1.807, 2.05) is 24.4 Å². The third-order valence-electron chi connectivity index (χ3n) is 4.80. The molecule has 0 saturated carbocycles. The second kappa shape index (κ2) is 7.92. The van der Waals surface area contributed by atoms with Gasteiger partial charge in [0.25, 0.3) is 0 Å². The molecule has 0 aromatic carbocycles. The van der Waals surface area contributed by atoms with Gasteiger partial charge in [-0.2, -0.15) is 0 Å². The Labute approximate surface area is 156 Å². The van der Waals surface area contributed by atoms with Gasteiger partial charge in [0, 0.05) is 37.9 Å². The van der Waals surface area contributed by atoms with E-state index in [9.17, 15) is 0 Å². The molecule has 0 radical (unpaired) electrons. The molecule has 0 amide bonds. The van der Waals surface area contributed by atoms with E-state index in [2.05, 4.69) is 43.3 Å². The molecule has 1 saturated heterocycles. The highest BCUT2D eigenvalue weighted by atomic mass is 32.1. The zero-order chi connectivity index (χ0) is 17.8. The van der Waals surface area contributed by atoms with Gasteiger partial charge in [-0.3, -0.25) is 9.88 Å². The molecular weight excluding hydrogens is 348 g/mol. The summed E-state index contributed by atoms with van der Waals surface area (Å²) in [5.41, 5.74) is 1.87. The van der Waals surface area contributed by atoms with Crippen molar-refractivity contribution in [1.29, 1.82) is 0 Å². The van der Waals surface area contributed by atoms with Crippen LogP contribution < -0.4 is 4.90 Å². The molecule has 0 N–H and O–H groups in total. The van der Waals surface area contributed by atoms with Crippen LogP contribution in [-0.4, -0.2) is 51.4 Å². The number of hydrogen-bond donors (Lipinski definition) is 0. The lowest BCUT2D eigenvalue weighted by molar-refractivity contribution is 0.215. The number of pyridine rings is 1. The van der Waals surface area contributed by atoms with Crippen LogP contribution in [0.1, 0.15) is 25.0 Å². The van der Waals surface area contributed by atoms with E-state index >= 15 is 0 Å². The molecule has 1 aliphatic rings. The van der Waals surface area contributed by atoms with Gasteiger partial charge in [-0.05, 0) is 38.4 Å². The highest BCUT2D eigenvalue weighted by Crippen LogP contribution is 2.29. The van der Waals surface area contributed by atoms with Crippen LogP contribution in [0.4, 0.5) is 5.13 Å². The lowest BCUT2D eigenvalue weighted by Crippen LogP contribution is -2.33. The maximum absolute atomic E-state index is 4.90. The van der Waals surface area contributed by atoms with Gasteiger partial charge >= 0.3 is 0 Å². The minimum atomic E-state index is 0.560. The van der Waals surface area contributed by atoms with Gasteiger partial charge < -0.3 is 9.42 Å². The molecule has 136 valence electrons. The first-order valence-electron chi connectivity index (χ1n) is 8.89. The van der Waals surface area contributed by atoms with Gasteiger partial charge in [0.05, 0.1) is 5.69 Å². The predicted octanol–water partition coefficient (Wildman–Crippen LogP) is 3.08. The fourth-order valence-electron chi connectivity index (χ4n) is 3.36. The van der Waals surface area contributed by atoms with E-state index in [0.717, 1.165) is 54.0 Å². The summed E-state index contributed by atoms with van der Waals surface area (Å²) in [6.07, 6.45) is 6.87. The van der Waals surface area contributed by atoms with Crippen LogP contribution in [0.5, 0.6) is 0 Å². The van der Waals surface area contributed by atoms with Crippen molar-refractivity contribution in [3.63, 3.8) is 0 Å². The minimum absolute atomic E-state index is 0.560. The molecule has 7 nitrogen and oxygen atoms in total. The van der Waals surface area contributed by atoms with E-state index in [1.54, 1.807) is 17.6 Å². The number of anilines is 1. The van der Waals surface area contributed by atoms with Crippen molar-refractivity contribution in [2.75, 3.05) is 25.0 Å². The molecule has 3 aromatic rings. The Morgan fingerprint density at radius 1 is 1.23 bits per heavy atom. The van der Waals surface area contributed by atoms with Gasteiger partial charge in [-0.25, -0.2) is 0 Å². The molecule has 0 bridgehead atoms. The van der Waals surface area contributed by atoms with Crippen LogP contribution in [0.15, 0.2) is 41.2 Å². The third kappa shape index (κ3) is 3.91. The van der Waals surface area contributed by atoms with Crippen molar-refractivity contribution in [2.24, 2.45) is 0 Å². The maximum atomic E-state index is 4.90. The molecule has 3 aromatic heterocycles. The molecule has 4 heterocycles. The zero-order valence-electron chi connectivity index (χ0n) is 14.8. The SMILES string of the molecule is CN(Cc1ccccn1)[C@H]1CCCN(c2nnc(-c3ccon3)s2)CC1. The van der Waals surface area contributed by atoms with Crippen LogP contribution in [0.25, 0.3) is 10.7 Å². The molecule has 1 fully saturated rings. The maximum Gasteiger partial charge on any atom is 0.208 e. The zero-order valence-corrected chi connectivity index (χ0v) is 15.6. The second-order valence-corrected chi connectivity index (χ2v) is 7.54. The fourth-order valence-corrected chi connectivity index (χ4v) is 4.21. The summed E-state index contributed by atoms with van der Waals surface area (Å²) in [7, 11) is 2.20. The third-order valence-corrected chi connectivity index (χ3v) is 5.81. The number of aromatic nitrogens is 4. The van der Waals surface area contributed by atoms with Crippen molar-refractivity contribution < 1.29 is 4.52 Å². The highest BCUT2D eigenvalue weighted by molar-refractivity contribution is 7.18. The molecule has 0 aliphatic carbocycles. The Bertz CT molecular complexity index is 806. The Balaban J connectivity index is 1.37. The number of rotatable bonds is 5. The standard InChI is InChI=1S/C18H22N6OS/c1-23(13-14-5-2-3-9-19-14)15-6-4-10-24(11-7-15)18-21-20-17(26-18)16-8-12-25-22-16/h2-3,5,8-9,12,15H,4,6-7,10-11,13H2,1H3/t15-/m0/s1. The normalized spacial score (nSPS) is 18.2. The molecule has 1 aliphatic heterocycles. The quantitative estimate of drug-likeness (QED) is 0.683. The van der Waals surface area contributed by atoms with Gasteiger partial charge in [-0.1, -0.05) is 22.6 Å². The summed E-state index contributed by atoms with van der Waals surface area (Å²) in [6.45, 7) is 2.90. The molecule has 1 atom stereocenters. The summed E-state index contributed by atoms with van der Waals surface area (Å²) >= 11 is 1.58. The van der Waals surface area contributed by atoms with E-state index < -0.39 is 0 Å². The molecule has 0 spiro atoms. The Morgan fingerprint density at radius 2 is 2.19 bits per heavy atom. The van der Waals surface area contributed by atoms with Crippen molar-refractivity contribution in [1.82, 2.24) is 25.2 Å². The molecule has 0 unspecified atom stereocenters. The van der Waals surface area contributed by atoms with Crippen molar-refractivity contribution in [3.05, 3.63) is 42.4 Å². The number of hydrogen-bond acceptors (Lipinski definition) is 8. The largest absolute Gasteiger partial charge is 0.364 e. The smallest absolute Gasteiger partial charge is 0.208 e. The lowest BCUT2D eigenvalue weighted by atomic mass is 10.1. The Kier molecular flexibility index (Phi) is 5.21. The van der Waals surface area contributed by atoms with Gasteiger partial charge in [0.1, 0.15) is 12.0 Å². The first-order chi connectivity index (χ1) is 12.8. The van der Waals surface area contributed by atoms with E-state index in [-0.39, 0.29) is 0 Å². The van der Waals surface area contributed by atoms with E-state index in [4.69, 9.17) is 4.52 Å². The highest BCUT2D eigenvalue weighted by Gasteiger charge is 2.23. The summed E-state index contributed by atoms with van der Waals surface area (Å²) in [4.78, 5) is 9.21. The molecule has 8 heteroatoms. The summed E-state index contributed by atoms with van der Waals surface area (Å²) in [5, 5.41) is 14.3. The second-order valence-electron chi connectivity index (χ2n) is 6.58. The van der Waals surface area contributed by atoms with Crippen molar-refractivity contribution in [3.8, 4) is 10.7 Å². The van der Waals surface area contributed by atoms with Crippen LogP contribution in [0.2, 0.25) is 0 Å². The predicted molar refractivity (Wildman–Crippen MR) is 101 cm³/mol. The van der Waals surface area contributed by atoms with Crippen LogP contribution in [0, 0.1) is 0 Å². The monoisotopic (exact) mass is 370 g/mol. The first-order valence-corrected chi connectivity index (χ1v) is 9.70.